The van der Waals surface area contributed by atoms with E-state index in [9.17, 15) is 10.1 Å². The predicted molar refractivity (Wildman–Crippen MR) is 96.1 cm³/mol. The number of anilines is 1. The second kappa shape index (κ2) is 5.75. The van der Waals surface area contributed by atoms with Gasteiger partial charge in [-0.25, -0.2) is 4.98 Å². The number of aromatic nitrogens is 2. The van der Waals surface area contributed by atoms with E-state index < -0.39 is 5.92 Å². The number of nitrogens with zero attached hydrogens (tertiary/aromatic N) is 3. The number of carbonyl (C=O) groups excluding carboxylic acids is 1. The minimum Gasteiger partial charge on any atom is -0.300 e. The van der Waals surface area contributed by atoms with Gasteiger partial charge < -0.3 is 4.57 Å². The number of hydrogen-bond acceptors (Lipinski definition) is 3. The minimum atomic E-state index is -0.796. The van der Waals surface area contributed by atoms with Crippen LogP contribution in [0.25, 0.3) is 11.0 Å². The van der Waals surface area contributed by atoms with E-state index >= 15 is 0 Å². The molecule has 124 valence electrons. The molecule has 1 aliphatic rings. The Morgan fingerprint density at radius 2 is 1.88 bits per heavy atom. The first kappa shape index (κ1) is 15.4. The van der Waals surface area contributed by atoms with Crippen molar-refractivity contribution in [1.82, 2.24) is 9.55 Å². The van der Waals surface area contributed by atoms with Crippen LogP contribution in [0.5, 0.6) is 0 Å². The van der Waals surface area contributed by atoms with E-state index in [-0.39, 0.29) is 11.9 Å². The van der Waals surface area contributed by atoms with Gasteiger partial charge in [-0.1, -0.05) is 50.2 Å². The van der Waals surface area contributed by atoms with Gasteiger partial charge >= 0.3 is 0 Å². The second-order valence-corrected chi connectivity index (χ2v) is 6.66. The number of nitriles is 1. The zero-order valence-electron chi connectivity index (χ0n) is 14.1. The number of nitrogens with one attached hydrogen (secondary N) is 1. The molecule has 25 heavy (non-hydrogen) atoms. The van der Waals surface area contributed by atoms with E-state index in [0.29, 0.717) is 11.9 Å². The van der Waals surface area contributed by atoms with Crippen LogP contribution < -0.4 is 5.32 Å². The van der Waals surface area contributed by atoms with Gasteiger partial charge in [0.15, 0.2) is 5.92 Å². The van der Waals surface area contributed by atoms with Crippen molar-refractivity contribution in [2.45, 2.75) is 25.8 Å². The summed E-state index contributed by atoms with van der Waals surface area (Å²) in [6.45, 7) is 4.28. The van der Waals surface area contributed by atoms with Gasteiger partial charge in [0.2, 0.25) is 11.9 Å². The molecule has 5 nitrogen and oxygen atoms in total. The summed E-state index contributed by atoms with van der Waals surface area (Å²) in [5.74, 6) is -0.172. The van der Waals surface area contributed by atoms with E-state index in [0.717, 1.165) is 16.6 Å². The molecule has 2 atom stereocenters. The van der Waals surface area contributed by atoms with Gasteiger partial charge in [-0.05, 0) is 29.2 Å². The van der Waals surface area contributed by atoms with Crippen LogP contribution in [0.15, 0.2) is 48.5 Å². The maximum atomic E-state index is 12.4. The smallest absolute Gasteiger partial charge is 0.246 e. The molecule has 2 heterocycles. The van der Waals surface area contributed by atoms with Crippen LogP contribution in [0.1, 0.15) is 36.9 Å². The number of carbonyl (C=O) groups is 1. The first-order valence-corrected chi connectivity index (χ1v) is 8.37. The Labute approximate surface area is 145 Å². The summed E-state index contributed by atoms with van der Waals surface area (Å²) in [6.07, 6.45) is 0. The van der Waals surface area contributed by atoms with Gasteiger partial charge in [0.1, 0.15) is 0 Å². The van der Waals surface area contributed by atoms with Crippen LogP contribution in [0.2, 0.25) is 0 Å². The molecule has 4 rings (SSSR count). The first-order chi connectivity index (χ1) is 12.1. The number of benzene rings is 2. The fourth-order valence-electron chi connectivity index (χ4n) is 3.44. The maximum absolute atomic E-state index is 12.4. The third-order valence-corrected chi connectivity index (χ3v) is 4.79. The third kappa shape index (κ3) is 2.38. The fourth-order valence-corrected chi connectivity index (χ4v) is 3.44. The van der Waals surface area contributed by atoms with Crippen molar-refractivity contribution in [3.05, 3.63) is 59.7 Å². The topological polar surface area (TPSA) is 70.7 Å². The highest BCUT2D eigenvalue weighted by Gasteiger charge is 2.38. The number of imidazole rings is 1. The Kier molecular flexibility index (Phi) is 3.54. The zero-order valence-corrected chi connectivity index (χ0v) is 14.1. The molecule has 0 bridgehead atoms. The molecule has 1 aromatic heterocycles. The fraction of sp³-hybridized carbons (Fsp3) is 0.250. The summed E-state index contributed by atoms with van der Waals surface area (Å²) < 4.78 is 1.97. The van der Waals surface area contributed by atoms with Crippen molar-refractivity contribution < 1.29 is 4.79 Å². The molecule has 0 saturated heterocycles. The van der Waals surface area contributed by atoms with Crippen LogP contribution in [0.3, 0.4) is 0 Å². The van der Waals surface area contributed by atoms with E-state index in [1.807, 2.05) is 41.0 Å². The summed E-state index contributed by atoms with van der Waals surface area (Å²) in [6, 6.07) is 17.7. The Morgan fingerprint density at radius 1 is 1.16 bits per heavy atom. The van der Waals surface area contributed by atoms with Gasteiger partial charge in [0.25, 0.3) is 0 Å². The molecule has 0 unspecified atom stereocenters. The summed E-state index contributed by atoms with van der Waals surface area (Å²) in [5, 5.41) is 12.4. The Morgan fingerprint density at radius 3 is 2.56 bits per heavy atom. The molecule has 2 aromatic carbocycles. The SMILES string of the molecule is CC(C)c1ccc([C@@H]2[C@@H](C#N)C(=O)Nc3nc4ccccc4n32)cc1. The Balaban J connectivity index is 1.93. The van der Waals surface area contributed by atoms with Crippen LogP contribution in [-0.4, -0.2) is 15.5 Å². The molecule has 3 aromatic rings. The van der Waals surface area contributed by atoms with Crippen LogP contribution in [-0.2, 0) is 4.79 Å². The summed E-state index contributed by atoms with van der Waals surface area (Å²) in [5.41, 5.74) is 3.89. The lowest BCUT2D eigenvalue weighted by molar-refractivity contribution is -0.119. The molecule has 5 heteroatoms. The lowest BCUT2D eigenvalue weighted by atomic mass is 9.90. The Bertz CT molecular complexity index is 995. The molecule has 0 spiro atoms. The van der Waals surface area contributed by atoms with Crippen molar-refractivity contribution in [2.75, 3.05) is 5.32 Å². The highest BCUT2D eigenvalue weighted by atomic mass is 16.2. The largest absolute Gasteiger partial charge is 0.300 e. The van der Waals surface area contributed by atoms with E-state index in [2.05, 4.69) is 42.4 Å². The monoisotopic (exact) mass is 330 g/mol. The summed E-state index contributed by atoms with van der Waals surface area (Å²) in [4.78, 5) is 17.0. The number of rotatable bonds is 2. The first-order valence-electron chi connectivity index (χ1n) is 8.37. The van der Waals surface area contributed by atoms with E-state index in [1.165, 1.54) is 5.56 Å². The average molecular weight is 330 g/mol. The van der Waals surface area contributed by atoms with Crippen LogP contribution >= 0.6 is 0 Å². The lowest BCUT2D eigenvalue weighted by Crippen LogP contribution is -2.37. The van der Waals surface area contributed by atoms with Crippen molar-refractivity contribution >= 4 is 22.9 Å². The Hall–Kier alpha value is -3.13. The number of para-hydroxylation sites is 2. The highest BCUT2D eigenvalue weighted by molar-refractivity contribution is 5.97. The van der Waals surface area contributed by atoms with Crippen molar-refractivity contribution in [1.29, 1.82) is 5.26 Å². The molecule has 0 aliphatic carbocycles. The predicted octanol–water partition coefficient (Wildman–Crippen LogP) is 3.84. The maximum Gasteiger partial charge on any atom is 0.246 e. The number of amides is 1. The van der Waals surface area contributed by atoms with Crippen molar-refractivity contribution in [2.24, 2.45) is 5.92 Å². The van der Waals surface area contributed by atoms with Crippen molar-refractivity contribution in [3.8, 4) is 6.07 Å². The molecule has 0 radical (unpaired) electrons. The molecular weight excluding hydrogens is 312 g/mol. The van der Waals surface area contributed by atoms with Gasteiger partial charge in [0.05, 0.1) is 23.1 Å². The van der Waals surface area contributed by atoms with Gasteiger partial charge in [-0.15, -0.1) is 0 Å². The van der Waals surface area contributed by atoms with Gasteiger partial charge in [-0.3, -0.25) is 10.1 Å². The second-order valence-electron chi connectivity index (χ2n) is 6.66. The number of hydrogen-bond donors (Lipinski definition) is 1. The highest BCUT2D eigenvalue weighted by Crippen LogP contribution is 2.37. The normalized spacial score (nSPS) is 19.5. The van der Waals surface area contributed by atoms with E-state index in [4.69, 9.17) is 0 Å². The van der Waals surface area contributed by atoms with Gasteiger partial charge in [-0.2, -0.15) is 5.26 Å². The molecule has 1 aliphatic heterocycles. The average Bonchev–Trinajstić information content (AvgIpc) is 2.98. The molecule has 1 N–H and O–H groups in total. The minimum absolute atomic E-state index is 0.303. The standard InChI is InChI=1S/C20H18N4O/c1-12(2)13-7-9-14(10-8-13)18-15(11-21)19(25)23-20-22-16-5-3-4-6-17(16)24(18)20/h3-10,12,15,18H,1-2H3,(H,22,23,25)/t15-,18-/m1/s1. The number of fused-ring (bicyclic) bond motifs is 3. The van der Waals surface area contributed by atoms with Crippen LogP contribution in [0.4, 0.5) is 5.95 Å². The molecular formula is C20H18N4O. The quantitative estimate of drug-likeness (QED) is 0.776. The summed E-state index contributed by atoms with van der Waals surface area (Å²) in [7, 11) is 0. The lowest BCUT2D eigenvalue weighted by Gasteiger charge is -2.30. The summed E-state index contributed by atoms with van der Waals surface area (Å²) >= 11 is 0. The molecule has 0 saturated carbocycles. The van der Waals surface area contributed by atoms with Gasteiger partial charge in [0, 0.05) is 0 Å². The van der Waals surface area contributed by atoms with Crippen LogP contribution in [0, 0.1) is 17.2 Å². The third-order valence-electron chi connectivity index (χ3n) is 4.79. The van der Waals surface area contributed by atoms with Crippen molar-refractivity contribution in [3.63, 3.8) is 0 Å². The molecule has 0 fully saturated rings. The zero-order chi connectivity index (χ0) is 17.6. The van der Waals surface area contributed by atoms with E-state index in [1.54, 1.807) is 0 Å². The molecule has 1 amide bonds.